The third kappa shape index (κ3) is 34.4. The Labute approximate surface area is 542 Å². The topological polar surface area (TPSA) is 307 Å². The van der Waals surface area contributed by atoms with E-state index in [1.54, 1.807) is 6.08 Å². The van der Waals surface area contributed by atoms with Gasteiger partial charge < -0.3 is 89.9 Å². The molecule has 3 fully saturated rings. The smallest absolute Gasteiger partial charge is 0.220 e. The second kappa shape index (κ2) is 53.0. The molecule has 0 saturated carbocycles. The number of carbonyl (C=O) groups excluding carboxylic acids is 1. The number of ether oxygens (including phenoxy) is 6. The molecule has 3 aliphatic heterocycles. The molecule has 1 amide bonds. The summed E-state index contributed by atoms with van der Waals surface area (Å²) in [6.07, 6.45) is 36.7. The van der Waals surface area contributed by atoms with Gasteiger partial charge >= 0.3 is 0 Å². The molecule has 3 saturated heterocycles. The minimum atomic E-state index is -1.98. The summed E-state index contributed by atoms with van der Waals surface area (Å²) in [4.78, 5) is 13.4. The first-order chi connectivity index (χ1) is 43.8. The number of aliphatic hydroxyl groups excluding tert-OH is 11. The fourth-order valence-electron chi connectivity index (χ4n) is 12.0. The third-order valence-corrected chi connectivity index (χ3v) is 17.9. The molecule has 0 aliphatic carbocycles. The zero-order chi connectivity index (χ0) is 65.4. The first-order valence-electron chi connectivity index (χ1n) is 35.9. The molecule has 17 atom stereocenters. The summed E-state index contributed by atoms with van der Waals surface area (Å²) in [5.74, 6) is -0.275. The normalized spacial score (nSPS) is 28.3. The first-order valence-corrected chi connectivity index (χ1v) is 35.9. The molecule has 17 unspecified atom stereocenters. The quantitative estimate of drug-likeness (QED) is 0.0199. The minimum Gasteiger partial charge on any atom is -0.394 e. The molecular weight excluding hydrogens is 1150 g/mol. The highest BCUT2D eigenvalue weighted by Gasteiger charge is 2.53. The summed E-state index contributed by atoms with van der Waals surface area (Å²) < 4.78 is 34.3. The van der Waals surface area contributed by atoms with Crippen molar-refractivity contribution < 1.29 is 89.4 Å². The van der Waals surface area contributed by atoms with Crippen LogP contribution in [0.25, 0.3) is 0 Å². The SMILES string of the molecule is CCCCCCC/C=C\C/C=C\C/C=C\CCCCCCCCCCCCCCCCCCC(=O)NC(COC1OC(CO)C(OC2OC(CO)C(OC3OC(CO)C(O)C(O)C3O)C(O)C2O)C(O)C1O)C(O)/C=C/CCCCCCCCCCCCCC. The van der Waals surface area contributed by atoms with E-state index in [0.717, 1.165) is 57.8 Å². The largest absolute Gasteiger partial charge is 0.394 e. The van der Waals surface area contributed by atoms with Crippen molar-refractivity contribution >= 4 is 5.91 Å². The Balaban J connectivity index is 1.37. The van der Waals surface area contributed by atoms with Crippen LogP contribution in [-0.4, -0.2) is 193 Å². The molecule has 0 aromatic rings. The van der Waals surface area contributed by atoms with Crippen LogP contribution in [0.2, 0.25) is 0 Å². The zero-order valence-electron chi connectivity index (χ0n) is 55.6. The van der Waals surface area contributed by atoms with Crippen molar-refractivity contribution in [3.63, 3.8) is 0 Å². The lowest BCUT2D eigenvalue weighted by molar-refractivity contribution is -0.379. The van der Waals surface area contributed by atoms with Gasteiger partial charge in [0.2, 0.25) is 5.91 Å². The first kappa shape index (κ1) is 82.0. The highest BCUT2D eigenvalue weighted by molar-refractivity contribution is 5.76. The zero-order valence-corrected chi connectivity index (χ0v) is 55.6. The van der Waals surface area contributed by atoms with Gasteiger partial charge in [-0.3, -0.25) is 4.79 Å². The van der Waals surface area contributed by atoms with Crippen molar-refractivity contribution in [2.24, 2.45) is 0 Å². The van der Waals surface area contributed by atoms with Gasteiger partial charge in [-0.2, -0.15) is 0 Å². The molecule has 3 heterocycles. The van der Waals surface area contributed by atoms with Gasteiger partial charge in [0, 0.05) is 6.42 Å². The van der Waals surface area contributed by atoms with E-state index in [2.05, 4.69) is 55.6 Å². The van der Waals surface area contributed by atoms with E-state index in [0.29, 0.717) is 6.42 Å². The lowest BCUT2D eigenvalue weighted by Gasteiger charge is -2.48. The van der Waals surface area contributed by atoms with Gasteiger partial charge in [0.05, 0.1) is 38.6 Å². The Morgan fingerprint density at radius 3 is 1.14 bits per heavy atom. The van der Waals surface area contributed by atoms with Gasteiger partial charge in [-0.05, 0) is 57.8 Å². The van der Waals surface area contributed by atoms with Crippen LogP contribution in [0.5, 0.6) is 0 Å². The molecule has 0 aromatic carbocycles. The molecule has 90 heavy (non-hydrogen) atoms. The summed E-state index contributed by atoms with van der Waals surface area (Å²) in [6, 6.07) is -0.973. The fraction of sp³-hybridized carbons (Fsp3) is 0.873. The van der Waals surface area contributed by atoms with Crippen LogP contribution in [0.4, 0.5) is 0 Å². The number of allylic oxidation sites excluding steroid dienone is 7. The van der Waals surface area contributed by atoms with Gasteiger partial charge in [-0.1, -0.05) is 249 Å². The van der Waals surface area contributed by atoms with Crippen molar-refractivity contribution in [2.45, 2.75) is 369 Å². The second-order valence-electron chi connectivity index (χ2n) is 25.7. The second-order valence-corrected chi connectivity index (χ2v) is 25.7. The maximum Gasteiger partial charge on any atom is 0.220 e. The average Bonchev–Trinajstić information content (AvgIpc) is 0.908. The van der Waals surface area contributed by atoms with E-state index in [4.69, 9.17) is 28.4 Å². The number of hydrogen-bond acceptors (Lipinski definition) is 18. The van der Waals surface area contributed by atoms with Crippen LogP contribution in [0.1, 0.15) is 264 Å². The van der Waals surface area contributed by atoms with Crippen molar-refractivity contribution in [3.8, 4) is 0 Å². The monoisotopic (exact) mass is 1280 g/mol. The molecule has 526 valence electrons. The highest BCUT2D eigenvalue weighted by Crippen LogP contribution is 2.33. The predicted molar refractivity (Wildman–Crippen MR) is 351 cm³/mol. The van der Waals surface area contributed by atoms with Crippen molar-refractivity contribution in [1.82, 2.24) is 5.32 Å². The Morgan fingerprint density at radius 1 is 0.400 bits per heavy atom. The van der Waals surface area contributed by atoms with Crippen LogP contribution < -0.4 is 5.32 Å². The lowest BCUT2D eigenvalue weighted by Crippen LogP contribution is -2.66. The molecule has 19 nitrogen and oxygen atoms in total. The summed E-state index contributed by atoms with van der Waals surface area (Å²) in [5, 5.41) is 120. The Hall–Kier alpha value is -2.25. The number of hydrogen-bond donors (Lipinski definition) is 12. The average molecular weight is 1280 g/mol. The molecule has 3 aliphatic rings. The molecular formula is C71H129NO18. The van der Waals surface area contributed by atoms with Gasteiger partial charge in [0.1, 0.15) is 73.2 Å². The van der Waals surface area contributed by atoms with E-state index in [-0.39, 0.29) is 18.9 Å². The molecule has 3 rings (SSSR count). The van der Waals surface area contributed by atoms with Crippen molar-refractivity contribution in [2.75, 3.05) is 26.4 Å². The molecule has 12 N–H and O–H groups in total. The lowest BCUT2D eigenvalue weighted by atomic mass is 9.96. The summed E-state index contributed by atoms with van der Waals surface area (Å²) in [7, 11) is 0. The Bertz CT molecular complexity index is 1820. The summed E-state index contributed by atoms with van der Waals surface area (Å²) in [5.41, 5.74) is 0. The van der Waals surface area contributed by atoms with Gasteiger partial charge in [-0.25, -0.2) is 0 Å². The number of rotatable bonds is 55. The van der Waals surface area contributed by atoms with E-state index in [1.165, 1.54) is 180 Å². The summed E-state index contributed by atoms with van der Waals surface area (Å²) >= 11 is 0. The standard InChI is InChI=1S/C71H129NO18/c1-3-5-7-9-11-13-15-17-19-20-21-22-23-24-25-26-27-28-29-30-31-32-33-34-35-37-39-41-43-45-47-49-59(77)72-54(55(76)48-46-44-42-40-38-36-18-16-14-12-10-8-6-4-2)53-85-69-65(83)62(80)67(57(51-74)87-69)90-71-66(84)63(81)68(58(52-75)88-71)89-70-64(82)61(79)60(78)56(50-73)86-70/h15,17,20-21,23-24,46,48,54-58,60-71,73-76,78-84H,3-14,16,18-19,22,25-45,47,49-53H2,1-2H3,(H,72,77)/b17-15-,21-20-,24-23-,48-46+. The van der Waals surface area contributed by atoms with E-state index < -0.39 is 124 Å². The van der Waals surface area contributed by atoms with Gasteiger partial charge in [-0.15, -0.1) is 0 Å². The third-order valence-electron chi connectivity index (χ3n) is 17.9. The van der Waals surface area contributed by atoms with Crippen molar-refractivity contribution in [1.29, 1.82) is 0 Å². The van der Waals surface area contributed by atoms with E-state index in [1.807, 2.05) is 6.08 Å². The molecule has 0 spiro atoms. The maximum absolute atomic E-state index is 13.4. The van der Waals surface area contributed by atoms with Crippen molar-refractivity contribution in [3.05, 3.63) is 48.6 Å². The van der Waals surface area contributed by atoms with Crippen LogP contribution in [-0.2, 0) is 33.2 Å². The number of nitrogens with one attached hydrogen (secondary N) is 1. The fourth-order valence-corrected chi connectivity index (χ4v) is 12.0. The number of aliphatic hydroxyl groups is 11. The Morgan fingerprint density at radius 2 is 0.733 bits per heavy atom. The number of amides is 1. The molecule has 0 aromatic heterocycles. The van der Waals surface area contributed by atoms with Crippen LogP contribution >= 0.6 is 0 Å². The summed E-state index contributed by atoms with van der Waals surface area (Å²) in [6.45, 7) is 1.73. The molecule has 0 radical (unpaired) electrons. The van der Waals surface area contributed by atoms with Crippen LogP contribution in [0.15, 0.2) is 48.6 Å². The number of unbranched alkanes of at least 4 members (excludes halogenated alkanes) is 33. The predicted octanol–water partition coefficient (Wildman–Crippen LogP) is 9.78. The molecule has 19 heteroatoms. The van der Waals surface area contributed by atoms with E-state index in [9.17, 15) is 61.0 Å². The van der Waals surface area contributed by atoms with E-state index >= 15 is 0 Å². The highest BCUT2D eigenvalue weighted by atomic mass is 16.8. The molecule has 0 bridgehead atoms. The number of carbonyl (C=O) groups is 1. The van der Waals surface area contributed by atoms with Gasteiger partial charge in [0.15, 0.2) is 18.9 Å². The van der Waals surface area contributed by atoms with Crippen LogP contribution in [0.3, 0.4) is 0 Å². The maximum atomic E-state index is 13.4. The van der Waals surface area contributed by atoms with Crippen LogP contribution in [0, 0.1) is 0 Å². The Kier molecular flexibility index (Phi) is 48.2. The minimum absolute atomic E-state index is 0.244. The van der Waals surface area contributed by atoms with Gasteiger partial charge in [0.25, 0.3) is 0 Å².